The van der Waals surface area contributed by atoms with Gasteiger partial charge in [0.05, 0.1) is 0 Å². The number of rotatable bonds is 3. The molecule has 0 atom stereocenters. The molecule has 0 spiro atoms. The summed E-state index contributed by atoms with van der Waals surface area (Å²) < 4.78 is 0. The Morgan fingerprint density at radius 1 is 1.43 bits per heavy atom. The number of thioether (sulfide) groups is 1. The Labute approximate surface area is 88.3 Å². The average Bonchev–Trinajstić information content (AvgIpc) is 2.19. The van der Waals surface area contributed by atoms with Crippen LogP contribution in [-0.4, -0.2) is 24.2 Å². The molecule has 0 aromatic heterocycles. The van der Waals surface area contributed by atoms with Crippen LogP contribution in [0, 0.1) is 0 Å². The molecular weight excluding hydrogens is 196 g/mol. The van der Waals surface area contributed by atoms with E-state index in [0.717, 1.165) is 5.56 Å². The molecule has 0 bridgehead atoms. The molecule has 0 aliphatic heterocycles. The summed E-state index contributed by atoms with van der Waals surface area (Å²) in [6.07, 6.45) is 2.03. The molecule has 2 amide bonds. The highest BCUT2D eigenvalue weighted by molar-refractivity contribution is 7.98. The molecule has 0 radical (unpaired) electrons. The van der Waals surface area contributed by atoms with Crippen molar-refractivity contribution in [1.29, 1.82) is 0 Å². The summed E-state index contributed by atoms with van der Waals surface area (Å²) in [5, 5.41) is 0. The highest BCUT2D eigenvalue weighted by Gasteiger charge is 2.03. The minimum Gasteiger partial charge on any atom is -0.351 e. The summed E-state index contributed by atoms with van der Waals surface area (Å²) in [4.78, 5) is 13.5. The second-order valence-electron chi connectivity index (χ2n) is 3.04. The Hall–Kier alpha value is -1.16. The first-order valence-corrected chi connectivity index (χ1v) is 5.49. The number of hydrogen-bond donors (Lipinski definition) is 1. The number of benzene rings is 1. The molecular formula is C10H14N2OS. The lowest BCUT2D eigenvalue weighted by molar-refractivity contribution is 0.216. The fraction of sp³-hybridized carbons (Fsp3) is 0.300. The summed E-state index contributed by atoms with van der Waals surface area (Å²) in [7, 11) is 1.69. The maximum Gasteiger partial charge on any atom is 0.314 e. The number of nitrogens with two attached hydrogens (primary N) is 1. The van der Waals surface area contributed by atoms with E-state index < -0.39 is 6.03 Å². The third kappa shape index (κ3) is 2.96. The van der Waals surface area contributed by atoms with E-state index in [4.69, 9.17) is 5.73 Å². The van der Waals surface area contributed by atoms with E-state index in [1.54, 1.807) is 18.8 Å². The van der Waals surface area contributed by atoms with Crippen molar-refractivity contribution in [1.82, 2.24) is 4.90 Å². The number of urea groups is 1. The van der Waals surface area contributed by atoms with Crippen molar-refractivity contribution in [3.63, 3.8) is 0 Å². The third-order valence-electron chi connectivity index (χ3n) is 1.96. The largest absolute Gasteiger partial charge is 0.351 e. The molecule has 1 rings (SSSR count). The van der Waals surface area contributed by atoms with Crippen LogP contribution in [0.3, 0.4) is 0 Å². The second kappa shape index (κ2) is 4.91. The number of primary amides is 1. The number of carbonyl (C=O) groups excluding carboxylic acids is 1. The van der Waals surface area contributed by atoms with Gasteiger partial charge >= 0.3 is 6.03 Å². The molecule has 0 fully saturated rings. The lowest BCUT2D eigenvalue weighted by Crippen LogP contribution is -2.31. The number of hydrogen-bond acceptors (Lipinski definition) is 2. The van der Waals surface area contributed by atoms with Crippen molar-refractivity contribution in [3.8, 4) is 0 Å². The molecule has 76 valence electrons. The molecule has 0 aliphatic carbocycles. The molecule has 0 saturated heterocycles. The molecule has 3 nitrogen and oxygen atoms in total. The van der Waals surface area contributed by atoms with E-state index >= 15 is 0 Å². The lowest BCUT2D eigenvalue weighted by Gasteiger charge is -2.13. The van der Waals surface area contributed by atoms with Crippen molar-refractivity contribution < 1.29 is 4.79 Å². The fourth-order valence-electron chi connectivity index (χ4n) is 1.08. The van der Waals surface area contributed by atoms with Crippen LogP contribution in [0.25, 0.3) is 0 Å². The van der Waals surface area contributed by atoms with Gasteiger partial charge in [-0.25, -0.2) is 4.79 Å². The van der Waals surface area contributed by atoms with Crippen molar-refractivity contribution in [2.45, 2.75) is 11.4 Å². The monoisotopic (exact) mass is 210 g/mol. The summed E-state index contributed by atoms with van der Waals surface area (Å²) in [6.45, 7) is 0.560. The quantitative estimate of drug-likeness (QED) is 0.775. The molecule has 2 N–H and O–H groups in total. The summed E-state index contributed by atoms with van der Waals surface area (Å²) in [5.41, 5.74) is 6.21. The first kappa shape index (κ1) is 10.9. The zero-order chi connectivity index (χ0) is 10.6. The van der Waals surface area contributed by atoms with Crippen LogP contribution in [-0.2, 0) is 6.54 Å². The fourth-order valence-corrected chi connectivity index (χ4v) is 1.49. The normalized spacial score (nSPS) is 9.86. The Morgan fingerprint density at radius 3 is 2.43 bits per heavy atom. The molecule has 0 saturated carbocycles. The standard InChI is InChI=1S/C10H14N2OS/c1-12(10(11)13)7-8-3-5-9(14-2)6-4-8/h3-6H,7H2,1-2H3,(H2,11,13). The van der Waals surface area contributed by atoms with Crippen molar-refractivity contribution in [2.24, 2.45) is 5.73 Å². The second-order valence-corrected chi connectivity index (χ2v) is 3.92. The molecule has 14 heavy (non-hydrogen) atoms. The molecule has 4 heteroatoms. The minimum absolute atomic E-state index is 0.404. The predicted octanol–water partition coefficient (Wildman–Crippen LogP) is 1.92. The number of amides is 2. The van der Waals surface area contributed by atoms with Crippen LogP contribution in [0.1, 0.15) is 5.56 Å². The Bertz CT molecular complexity index is 310. The average molecular weight is 210 g/mol. The highest BCUT2D eigenvalue weighted by atomic mass is 32.2. The first-order chi connectivity index (χ1) is 6.63. The topological polar surface area (TPSA) is 46.3 Å². The van der Waals surface area contributed by atoms with Crippen LogP contribution in [0.2, 0.25) is 0 Å². The van der Waals surface area contributed by atoms with Gasteiger partial charge in [-0.3, -0.25) is 0 Å². The van der Waals surface area contributed by atoms with Crippen LogP contribution in [0.5, 0.6) is 0 Å². The van der Waals surface area contributed by atoms with Crippen LogP contribution in [0.15, 0.2) is 29.2 Å². The number of carbonyl (C=O) groups is 1. The van der Waals surface area contributed by atoms with Crippen LogP contribution < -0.4 is 5.73 Å². The Balaban J connectivity index is 2.64. The molecule has 1 aromatic rings. The zero-order valence-electron chi connectivity index (χ0n) is 8.36. The summed E-state index contributed by atoms with van der Waals surface area (Å²) in [6, 6.07) is 7.68. The van der Waals surface area contributed by atoms with Gasteiger partial charge in [0.2, 0.25) is 0 Å². The summed E-state index contributed by atoms with van der Waals surface area (Å²) in [5.74, 6) is 0. The molecule has 0 unspecified atom stereocenters. The van der Waals surface area contributed by atoms with E-state index in [2.05, 4.69) is 0 Å². The van der Waals surface area contributed by atoms with Crippen molar-refractivity contribution in [2.75, 3.05) is 13.3 Å². The van der Waals surface area contributed by atoms with E-state index in [1.165, 1.54) is 9.80 Å². The van der Waals surface area contributed by atoms with Gasteiger partial charge < -0.3 is 10.6 Å². The van der Waals surface area contributed by atoms with E-state index in [9.17, 15) is 4.79 Å². The van der Waals surface area contributed by atoms with Gasteiger partial charge in [-0.2, -0.15) is 0 Å². The van der Waals surface area contributed by atoms with Gasteiger partial charge in [-0.15, -0.1) is 11.8 Å². The predicted molar refractivity (Wildman–Crippen MR) is 59.3 cm³/mol. The van der Waals surface area contributed by atoms with Gasteiger partial charge in [0, 0.05) is 18.5 Å². The summed E-state index contributed by atoms with van der Waals surface area (Å²) >= 11 is 1.70. The molecule has 0 aliphatic rings. The highest BCUT2D eigenvalue weighted by Crippen LogP contribution is 2.15. The van der Waals surface area contributed by atoms with E-state index in [-0.39, 0.29) is 0 Å². The maximum absolute atomic E-state index is 10.8. The molecule has 0 heterocycles. The van der Waals surface area contributed by atoms with Gasteiger partial charge in [0.1, 0.15) is 0 Å². The van der Waals surface area contributed by atoms with Crippen molar-refractivity contribution >= 4 is 17.8 Å². The van der Waals surface area contributed by atoms with E-state index in [0.29, 0.717) is 6.54 Å². The third-order valence-corrected chi connectivity index (χ3v) is 2.70. The smallest absolute Gasteiger partial charge is 0.314 e. The minimum atomic E-state index is -0.404. The van der Waals surface area contributed by atoms with Crippen LogP contribution in [0.4, 0.5) is 4.79 Å². The Kier molecular flexibility index (Phi) is 3.83. The zero-order valence-corrected chi connectivity index (χ0v) is 9.17. The van der Waals surface area contributed by atoms with Gasteiger partial charge in [0.15, 0.2) is 0 Å². The van der Waals surface area contributed by atoms with Gasteiger partial charge in [0.25, 0.3) is 0 Å². The molecule has 1 aromatic carbocycles. The van der Waals surface area contributed by atoms with Crippen LogP contribution >= 0.6 is 11.8 Å². The van der Waals surface area contributed by atoms with Gasteiger partial charge in [-0.1, -0.05) is 12.1 Å². The van der Waals surface area contributed by atoms with E-state index in [1.807, 2.05) is 30.5 Å². The Morgan fingerprint density at radius 2 is 2.00 bits per heavy atom. The maximum atomic E-state index is 10.8. The first-order valence-electron chi connectivity index (χ1n) is 4.27. The van der Waals surface area contributed by atoms with Gasteiger partial charge in [-0.05, 0) is 24.0 Å². The number of nitrogens with zero attached hydrogens (tertiary/aromatic N) is 1. The van der Waals surface area contributed by atoms with Crippen molar-refractivity contribution in [3.05, 3.63) is 29.8 Å². The lowest BCUT2D eigenvalue weighted by atomic mass is 10.2. The SMILES string of the molecule is CSc1ccc(CN(C)C(N)=O)cc1.